The molecule has 0 aliphatic carbocycles. The van der Waals surface area contributed by atoms with Gasteiger partial charge in [-0.3, -0.25) is 0 Å². The highest BCUT2D eigenvalue weighted by Gasteiger charge is 2.24. The fraction of sp³-hybridized carbons (Fsp3) is 0.0667. The van der Waals surface area contributed by atoms with Gasteiger partial charge in [0.2, 0.25) is 5.90 Å². The zero-order chi connectivity index (χ0) is 14.1. The molecule has 0 fully saturated rings. The average Bonchev–Trinajstić information content (AvgIpc) is 2.97. The second-order valence-electron chi connectivity index (χ2n) is 4.35. The van der Waals surface area contributed by atoms with Crippen LogP contribution in [0.3, 0.4) is 0 Å². The minimum atomic E-state index is -0.411. The number of ether oxygens (including phenoxy) is 1. The molecule has 100 valence electrons. The SMILES string of the molecule is Cc1cccc(C2=N/C(=C/c3ccc(Br)s3)C(=O)O2)c1. The van der Waals surface area contributed by atoms with Crippen molar-refractivity contribution in [3.63, 3.8) is 0 Å². The van der Waals surface area contributed by atoms with Crippen LogP contribution in [0.25, 0.3) is 6.08 Å². The number of carbonyl (C=O) groups excluding carboxylic acids is 1. The van der Waals surface area contributed by atoms with Crippen LogP contribution >= 0.6 is 27.3 Å². The quantitative estimate of drug-likeness (QED) is 0.604. The van der Waals surface area contributed by atoms with Crippen LogP contribution in [0.5, 0.6) is 0 Å². The number of thiophene rings is 1. The Hall–Kier alpha value is -1.72. The first-order chi connectivity index (χ1) is 9.61. The van der Waals surface area contributed by atoms with E-state index in [-0.39, 0.29) is 0 Å². The van der Waals surface area contributed by atoms with E-state index in [1.54, 1.807) is 6.08 Å². The monoisotopic (exact) mass is 347 g/mol. The van der Waals surface area contributed by atoms with Crippen molar-refractivity contribution in [2.24, 2.45) is 4.99 Å². The Labute approximate surface area is 128 Å². The molecule has 1 aliphatic heterocycles. The fourth-order valence-electron chi connectivity index (χ4n) is 1.85. The maximum absolute atomic E-state index is 11.8. The van der Waals surface area contributed by atoms with Crippen molar-refractivity contribution >= 4 is 45.2 Å². The minimum absolute atomic E-state index is 0.329. The lowest BCUT2D eigenvalue weighted by Crippen LogP contribution is -2.05. The molecule has 2 aromatic rings. The van der Waals surface area contributed by atoms with Gasteiger partial charge in [-0.2, -0.15) is 0 Å². The Balaban J connectivity index is 1.94. The summed E-state index contributed by atoms with van der Waals surface area (Å²) in [7, 11) is 0. The largest absolute Gasteiger partial charge is 0.402 e. The molecular weight excluding hydrogens is 338 g/mol. The molecule has 0 saturated carbocycles. The van der Waals surface area contributed by atoms with Gasteiger partial charge in [0.05, 0.1) is 3.79 Å². The van der Waals surface area contributed by atoms with E-state index >= 15 is 0 Å². The number of cyclic esters (lactones) is 1. The molecule has 0 radical (unpaired) electrons. The van der Waals surface area contributed by atoms with Crippen molar-refractivity contribution < 1.29 is 9.53 Å². The van der Waals surface area contributed by atoms with E-state index in [0.717, 1.165) is 19.8 Å². The van der Waals surface area contributed by atoms with Crippen molar-refractivity contribution in [3.05, 3.63) is 61.9 Å². The first-order valence-electron chi connectivity index (χ1n) is 5.97. The van der Waals surface area contributed by atoms with Crippen molar-refractivity contribution in [2.45, 2.75) is 6.92 Å². The van der Waals surface area contributed by atoms with Crippen LogP contribution in [0, 0.1) is 6.92 Å². The molecule has 1 aromatic carbocycles. The molecule has 1 aromatic heterocycles. The van der Waals surface area contributed by atoms with Crippen molar-refractivity contribution in [3.8, 4) is 0 Å². The summed E-state index contributed by atoms with van der Waals surface area (Å²) in [4.78, 5) is 17.1. The molecule has 2 heterocycles. The van der Waals surface area contributed by atoms with Crippen LogP contribution in [0.2, 0.25) is 0 Å². The maximum atomic E-state index is 11.8. The molecule has 0 N–H and O–H groups in total. The van der Waals surface area contributed by atoms with E-state index < -0.39 is 5.97 Å². The van der Waals surface area contributed by atoms with Crippen molar-refractivity contribution in [2.75, 3.05) is 0 Å². The van der Waals surface area contributed by atoms with E-state index in [4.69, 9.17) is 4.74 Å². The molecule has 0 spiro atoms. The summed E-state index contributed by atoms with van der Waals surface area (Å²) in [6.07, 6.45) is 1.74. The second-order valence-corrected chi connectivity index (χ2v) is 6.84. The molecule has 3 rings (SSSR count). The van der Waals surface area contributed by atoms with Gasteiger partial charge in [-0.1, -0.05) is 17.7 Å². The smallest absolute Gasteiger partial charge is 0.363 e. The van der Waals surface area contributed by atoms with Gasteiger partial charge >= 0.3 is 5.97 Å². The van der Waals surface area contributed by atoms with E-state index in [1.165, 1.54) is 11.3 Å². The van der Waals surface area contributed by atoms with Gasteiger partial charge in [-0.05, 0) is 53.2 Å². The number of esters is 1. The van der Waals surface area contributed by atoms with Crippen LogP contribution in [0.4, 0.5) is 0 Å². The third-order valence-electron chi connectivity index (χ3n) is 2.76. The summed E-state index contributed by atoms with van der Waals surface area (Å²) in [6, 6.07) is 11.6. The molecule has 20 heavy (non-hydrogen) atoms. The summed E-state index contributed by atoms with van der Waals surface area (Å²) in [5.74, 6) is -0.0494. The summed E-state index contributed by atoms with van der Waals surface area (Å²) in [5.41, 5.74) is 2.24. The zero-order valence-corrected chi connectivity index (χ0v) is 13.0. The van der Waals surface area contributed by atoms with Crippen LogP contribution in [0.1, 0.15) is 16.0 Å². The number of benzene rings is 1. The van der Waals surface area contributed by atoms with Crippen molar-refractivity contribution in [1.82, 2.24) is 0 Å². The summed E-state index contributed by atoms with van der Waals surface area (Å²) >= 11 is 4.93. The number of nitrogens with zero attached hydrogens (tertiary/aromatic N) is 1. The second kappa shape index (κ2) is 5.34. The highest BCUT2D eigenvalue weighted by molar-refractivity contribution is 9.11. The first-order valence-corrected chi connectivity index (χ1v) is 7.58. The lowest BCUT2D eigenvalue weighted by molar-refractivity contribution is -0.129. The van der Waals surface area contributed by atoms with Gasteiger partial charge in [0.15, 0.2) is 5.70 Å². The summed E-state index contributed by atoms with van der Waals surface area (Å²) in [5, 5.41) is 0. The van der Waals surface area contributed by atoms with Gasteiger partial charge in [-0.15, -0.1) is 11.3 Å². The summed E-state index contributed by atoms with van der Waals surface area (Å²) in [6.45, 7) is 1.99. The van der Waals surface area contributed by atoms with E-state index in [0.29, 0.717) is 11.6 Å². The van der Waals surface area contributed by atoms with Crippen LogP contribution in [-0.4, -0.2) is 11.9 Å². The third-order valence-corrected chi connectivity index (χ3v) is 4.33. The molecule has 0 saturated heterocycles. The predicted octanol–water partition coefficient (Wildman–Crippen LogP) is 4.16. The third kappa shape index (κ3) is 2.73. The topological polar surface area (TPSA) is 38.7 Å². The Morgan fingerprint density at radius 2 is 2.15 bits per heavy atom. The van der Waals surface area contributed by atoms with Crippen LogP contribution < -0.4 is 0 Å². The average molecular weight is 348 g/mol. The summed E-state index contributed by atoms with van der Waals surface area (Å²) < 4.78 is 6.24. The number of hydrogen-bond donors (Lipinski definition) is 0. The molecule has 0 amide bonds. The van der Waals surface area contributed by atoms with Crippen molar-refractivity contribution in [1.29, 1.82) is 0 Å². The molecule has 0 atom stereocenters. The molecule has 0 bridgehead atoms. The predicted molar refractivity (Wildman–Crippen MR) is 83.8 cm³/mol. The highest BCUT2D eigenvalue weighted by atomic mass is 79.9. The Morgan fingerprint density at radius 3 is 2.85 bits per heavy atom. The number of aryl methyl sites for hydroxylation is 1. The number of aliphatic imine (C=N–C) groups is 1. The van der Waals surface area contributed by atoms with E-state index in [2.05, 4.69) is 20.9 Å². The number of carbonyl (C=O) groups is 1. The number of halogens is 1. The normalized spacial score (nSPS) is 16.4. The fourth-order valence-corrected chi connectivity index (χ4v) is 3.21. The van der Waals surface area contributed by atoms with Gasteiger partial charge in [0, 0.05) is 10.4 Å². The molecule has 1 aliphatic rings. The van der Waals surface area contributed by atoms with E-state index in [1.807, 2.05) is 43.3 Å². The Morgan fingerprint density at radius 1 is 1.30 bits per heavy atom. The highest BCUT2D eigenvalue weighted by Crippen LogP contribution is 2.26. The molecule has 3 nitrogen and oxygen atoms in total. The standard InChI is InChI=1S/C15H10BrNO2S/c1-9-3-2-4-10(7-9)14-17-12(15(18)19-14)8-11-5-6-13(16)20-11/h2-8H,1H3/b12-8+. The van der Waals surface area contributed by atoms with Gasteiger partial charge < -0.3 is 4.74 Å². The number of rotatable bonds is 2. The Kier molecular flexibility index (Phi) is 3.54. The molecule has 0 unspecified atom stereocenters. The minimum Gasteiger partial charge on any atom is -0.402 e. The maximum Gasteiger partial charge on any atom is 0.363 e. The van der Waals surface area contributed by atoms with Crippen LogP contribution in [-0.2, 0) is 9.53 Å². The Bertz CT molecular complexity index is 746. The van der Waals surface area contributed by atoms with Gasteiger partial charge in [0.25, 0.3) is 0 Å². The zero-order valence-electron chi connectivity index (χ0n) is 10.6. The van der Waals surface area contributed by atoms with Crippen LogP contribution in [0.15, 0.2) is 50.9 Å². The molecular formula is C15H10BrNO2S. The van der Waals surface area contributed by atoms with Gasteiger partial charge in [0.1, 0.15) is 0 Å². The molecule has 5 heteroatoms. The lowest BCUT2D eigenvalue weighted by Gasteiger charge is -1.99. The van der Waals surface area contributed by atoms with E-state index in [9.17, 15) is 4.79 Å². The number of hydrogen-bond acceptors (Lipinski definition) is 4. The van der Waals surface area contributed by atoms with Gasteiger partial charge in [-0.25, -0.2) is 9.79 Å². The lowest BCUT2D eigenvalue weighted by atomic mass is 10.1. The first kappa shape index (κ1) is 13.3.